The van der Waals surface area contributed by atoms with Gasteiger partial charge in [-0.25, -0.2) is 4.98 Å². The molecular weight excluding hydrogens is 292 g/mol. The van der Waals surface area contributed by atoms with Gasteiger partial charge in [0.25, 0.3) is 5.91 Å². The minimum absolute atomic E-state index is 0.112. The maximum absolute atomic E-state index is 12.0. The van der Waals surface area contributed by atoms with Gasteiger partial charge in [-0.05, 0) is 18.8 Å². The average Bonchev–Trinajstić information content (AvgIpc) is 3.08. The van der Waals surface area contributed by atoms with E-state index in [0.717, 1.165) is 37.1 Å². The molecule has 0 spiro atoms. The van der Waals surface area contributed by atoms with Crippen LogP contribution < -0.4 is 5.32 Å². The molecule has 1 saturated carbocycles. The van der Waals surface area contributed by atoms with E-state index in [-0.39, 0.29) is 5.91 Å². The molecule has 2 aliphatic rings. The fourth-order valence-electron chi connectivity index (χ4n) is 3.08. The molecule has 23 heavy (non-hydrogen) atoms. The first-order valence-corrected chi connectivity index (χ1v) is 8.21. The molecule has 0 aromatic carbocycles. The molecule has 1 aliphatic carbocycles. The molecule has 3 heterocycles. The van der Waals surface area contributed by atoms with Crippen LogP contribution in [0.4, 0.5) is 0 Å². The third-order valence-electron chi connectivity index (χ3n) is 4.54. The molecule has 7 heteroatoms. The minimum atomic E-state index is -0.112. The molecule has 1 N–H and O–H groups in total. The number of carbonyl (C=O) groups excluding carboxylic acids is 1. The summed E-state index contributed by atoms with van der Waals surface area (Å²) >= 11 is 0. The highest BCUT2D eigenvalue weighted by molar-refractivity contribution is 5.93. The van der Waals surface area contributed by atoms with Crippen molar-refractivity contribution in [1.29, 1.82) is 0 Å². The van der Waals surface area contributed by atoms with E-state index in [4.69, 9.17) is 0 Å². The number of amides is 1. The van der Waals surface area contributed by atoms with Gasteiger partial charge < -0.3 is 9.88 Å². The first-order chi connectivity index (χ1) is 11.2. The molecule has 0 saturated heterocycles. The Bertz CT molecular complexity index is 714. The summed E-state index contributed by atoms with van der Waals surface area (Å²) in [5.74, 6) is 1.91. The van der Waals surface area contributed by atoms with Crippen molar-refractivity contribution in [2.75, 3.05) is 13.1 Å². The number of carbonyl (C=O) groups is 1. The van der Waals surface area contributed by atoms with Crippen molar-refractivity contribution in [1.82, 2.24) is 29.5 Å². The van der Waals surface area contributed by atoms with E-state index in [1.807, 2.05) is 0 Å². The van der Waals surface area contributed by atoms with Crippen molar-refractivity contribution < 1.29 is 4.79 Å². The topological polar surface area (TPSA) is 68.0 Å². The Labute approximate surface area is 135 Å². The lowest BCUT2D eigenvalue weighted by atomic mass is 10.3. The van der Waals surface area contributed by atoms with E-state index in [1.165, 1.54) is 19.4 Å². The maximum Gasteiger partial charge on any atom is 0.254 e. The van der Waals surface area contributed by atoms with E-state index < -0.39 is 0 Å². The van der Waals surface area contributed by atoms with Crippen molar-refractivity contribution >= 4 is 5.91 Å². The fraction of sp³-hybridized carbons (Fsp3) is 0.562. The van der Waals surface area contributed by atoms with Gasteiger partial charge in [0.1, 0.15) is 5.82 Å². The Morgan fingerprint density at radius 3 is 2.96 bits per heavy atom. The molecule has 4 rings (SSSR count). The monoisotopic (exact) mass is 314 g/mol. The van der Waals surface area contributed by atoms with Crippen molar-refractivity contribution in [2.45, 2.75) is 32.5 Å². The van der Waals surface area contributed by atoms with Crippen LogP contribution in [-0.4, -0.2) is 43.2 Å². The second-order valence-electron chi connectivity index (χ2n) is 6.61. The number of nitrogens with one attached hydrogen (secondary N) is 1. The van der Waals surface area contributed by atoms with Gasteiger partial charge in [0.05, 0.1) is 30.5 Å². The number of aryl methyl sites for hydroxylation is 1. The number of hydrogen-bond acceptors (Lipinski definition) is 4. The Kier molecular flexibility index (Phi) is 3.65. The SMILES string of the molecule is Cn1cc(C(=O)NCc2cn3c(n2)CN(CC2CC2)CC3)cn1. The Morgan fingerprint density at radius 2 is 2.22 bits per heavy atom. The van der Waals surface area contributed by atoms with Crippen molar-refractivity contribution in [3.8, 4) is 0 Å². The first-order valence-electron chi connectivity index (χ1n) is 8.21. The molecule has 122 valence electrons. The van der Waals surface area contributed by atoms with Crippen LogP contribution in [0.1, 0.15) is 34.7 Å². The van der Waals surface area contributed by atoms with Crippen LogP contribution in [0.15, 0.2) is 18.6 Å². The third-order valence-corrected chi connectivity index (χ3v) is 4.54. The van der Waals surface area contributed by atoms with Gasteiger partial charge in [0, 0.05) is 39.1 Å². The van der Waals surface area contributed by atoms with Crippen LogP contribution in [0.5, 0.6) is 0 Å². The number of aromatic nitrogens is 4. The zero-order valence-corrected chi connectivity index (χ0v) is 13.4. The van der Waals surface area contributed by atoms with Crippen LogP contribution in [0.25, 0.3) is 0 Å². The number of nitrogens with zero attached hydrogens (tertiary/aromatic N) is 5. The van der Waals surface area contributed by atoms with Gasteiger partial charge in [0.15, 0.2) is 0 Å². The fourth-order valence-corrected chi connectivity index (χ4v) is 3.08. The lowest BCUT2D eigenvalue weighted by molar-refractivity contribution is 0.0950. The zero-order valence-electron chi connectivity index (χ0n) is 13.4. The Morgan fingerprint density at radius 1 is 1.35 bits per heavy atom. The quantitative estimate of drug-likeness (QED) is 0.885. The summed E-state index contributed by atoms with van der Waals surface area (Å²) in [4.78, 5) is 19.2. The van der Waals surface area contributed by atoms with Crippen molar-refractivity contribution in [3.05, 3.63) is 35.7 Å². The number of imidazole rings is 1. The summed E-state index contributed by atoms with van der Waals surface area (Å²) in [5, 5.41) is 6.92. The molecule has 2 aromatic heterocycles. The van der Waals surface area contributed by atoms with Crippen molar-refractivity contribution in [2.24, 2.45) is 13.0 Å². The van der Waals surface area contributed by atoms with Gasteiger partial charge in [0.2, 0.25) is 0 Å². The van der Waals surface area contributed by atoms with Gasteiger partial charge >= 0.3 is 0 Å². The molecule has 0 bridgehead atoms. The minimum Gasteiger partial charge on any atom is -0.346 e. The van der Waals surface area contributed by atoms with Crippen LogP contribution in [0.2, 0.25) is 0 Å². The maximum atomic E-state index is 12.0. The Hall–Kier alpha value is -2.15. The highest BCUT2D eigenvalue weighted by Gasteiger charge is 2.27. The molecule has 1 fully saturated rings. The predicted molar refractivity (Wildman–Crippen MR) is 84.6 cm³/mol. The number of hydrogen-bond donors (Lipinski definition) is 1. The lowest BCUT2D eigenvalue weighted by Gasteiger charge is -2.27. The molecular formula is C16H22N6O. The summed E-state index contributed by atoms with van der Waals surface area (Å²) in [6, 6.07) is 0. The molecule has 1 amide bonds. The van der Waals surface area contributed by atoms with E-state index >= 15 is 0 Å². The van der Waals surface area contributed by atoms with Gasteiger partial charge in [-0.1, -0.05) is 0 Å². The lowest BCUT2D eigenvalue weighted by Crippen LogP contribution is -2.34. The summed E-state index contributed by atoms with van der Waals surface area (Å²) in [7, 11) is 1.80. The van der Waals surface area contributed by atoms with Crippen molar-refractivity contribution in [3.63, 3.8) is 0 Å². The van der Waals surface area contributed by atoms with Gasteiger partial charge in [-0.3, -0.25) is 14.4 Å². The predicted octanol–water partition coefficient (Wildman–Crippen LogP) is 0.772. The molecule has 1 aliphatic heterocycles. The van der Waals surface area contributed by atoms with E-state index in [0.29, 0.717) is 12.1 Å². The third kappa shape index (κ3) is 3.29. The van der Waals surface area contributed by atoms with Crippen LogP contribution in [0, 0.1) is 5.92 Å². The Balaban J connectivity index is 1.35. The molecule has 0 radical (unpaired) electrons. The first kappa shape index (κ1) is 14.4. The summed E-state index contributed by atoms with van der Waals surface area (Å²) in [6.07, 6.45) is 8.12. The summed E-state index contributed by atoms with van der Waals surface area (Å²) in [6.45, 7) is 4.68. The smallest absolute Gasteiger partial charge is 0.254 e. The van der Waals surface area contributed by atoms with E-state index in [2.05, 4.69) is 31.1 Å². The second kappa shape index (κ2) is 5.81. The highest BCUT2D eigenvalue weighted by atomic mass is 16.1. The average molecular weight is 314 g/mol. The van der Waals surface area contributed by atoms with Gasteiger partial charge in [-0.15, -0.1) is 0 Å². The normalized spacial score (nSPS) is 18.0. The van der Waals surface area contributed by atoms with E-state index in [9.17, 15) is 4.79 Å². The highest BCUT2D eigenvalue weighted by Crippen LogP contribution is 2.30. The van der Waals surface area contributed by atoms with Crippen LogP contribution in [-0.2, 0) is 26.7 Å². The molecule has 2 aromatic rings. The van der Waals surface area contributed by atoms with Crippen LogP contribution in [0.3, 0.4) is 0 Å². The summed E-state index contributed by atoms with van der Waals surface area (Å²) < 4.78 is 3.84. The van der Waals surface area contributed by atoms with Gasteiger partial charge in [-0.2, -0.15) is 5.10 Å². The molecule has 7 nitrogen and oxygen atoms in total. The second-order valence-corrected chi connectivity index (χ2v) is 6.61. The number of fused-ring (bicyclic) bond motifs is 1. The summed E-state index contributed by atoms with van der Waals surface area (Å²) in [5.41, 5.74) is 1.50. The molecule has 0 unspecified atom stereocenters. The number of rotatable bonds is 5. The van der Waals surface area contributed by atoms with E-state index in [1.54, 1.807) is 24.1 Å². The largest absolute Gasteiger partial charge is 0.346 e. The van der Waals surface area contributed by atoms with Crippen LogP contribution >= 0.6 is 0 Å². The zero-order chi connectivity index (χ0) is 15.8. The molecule has 0 atom stereocenters. The standard InChI is InChI=1S/C16H22N6O/c1-20-9-13(6-18-20)16(23)17-7-14-10-22-5-4-21(8-12-2-3-12)11-15(22)19-14/h6,9-10,12H,2-5,7-8,11H2,1H3,(H,17,23).